The van der Waals surface area contributed by atoms with Crippen LogP contribution in [0.3, 0.4) is 0 Å². The van der Waals surface area contributed by atoms with Crippen molar-refractivity contribution in [1.29, 1.82) is 0 Å². The van der Waals surface area contributed by atoms with Crippen molar-refractivity contribution >= 4 is 0 Å². The Morgan fingerprint density at radius 1 is 1.35 bits per heavy atom. The van der Waals surface area contributed by atoms with Gasteiger partial charge in [-0.2, -0.15) is 13.2 Å². The van der Waals surface area contributed by atoms with Gasteiger partial charge in [0.1, 0.15) is 0 Å². The normalized spacial score (nSPS) is 23.2. The minimum atomic E-state index is -4.31. The summed E-state index contributed by atoms with van der Waals surface area (Å²) in [4.78, 5) is 4.06. The summed E-state index contributed by atoms with van der Waals surface area (Å²) in [6.07, 6.45) is -0.983. The summed E-state index contributed by atoms with van der Waals surface area (Å²) >= 11 is 0. The summed E-state index contributed by atoms with van der Waals surface area (Å²) < 4.78 is 38.2. The van der Waals surface area contributed by atoms with Gasteiger partial charge in [0, 0.05) is 30.9 Å². The Kier molecular flexibility index (Phi) is 3.08. The van der Waals surface area contributed by atoms with Crippen LogP contribution in [0.2, 0.25) is 0 Å². The number of aryl methyl sites for hydroxylation is 1. The SMILES string of the molecule is Cc1cc([C@H](C)C2CC3(CNC3)C2)ncc1C(F)(F)F. The molecule has 0 aromatic carbocycles. The van der Waals surface area contributed by atoms with Gasteiger partial charge in [0.05, 0.1) is 5.56 Å². The van der Waals surface area contributed by atoms with Crippen molar-refractivity contribution in [3.8, 4) is 0 Å². The third-order valence-corrected chi connectivity index (χ3v) is 5.00. The number of alkyl halides is 3. The average Bonchev–Trinajstić information content (AvgIpc) is 2.22. The van der Waals surface area contributed by atoms with E-state index in [1.165, 1.54) is 19.8 Å². The molecule has 0 radical (unpaired) electrons. The Morgan fingerprint density at radius 2 is 2.00 bits per heavy atom. The number of hydrogen-bond acceptors (Lipinski definition) is 2. The smallest absolute Gasteiger partial charge is 0.316 e. The molecule has 5 heteroatoms. The highest BCUT2D eigenvalue weighted by Gasteiger charge is 2.50. The first-order chi connectivity index (χ1) is 9.31. The topological polar surface area (TPSA) is 24.9 Å². The van der Waals surface area contributed by atoms with Crippen molar-refractivity contribution in [1.82, 2.24) is 10.3 Å². The maximum Gasteiger partial charge on any atom is 0.418 e. The summed E-state index contributed by atoms with van der Waals surface area (Å²) in [7, 11) is 0. The molecule has 1 spiro atoms. The van der Waals surface area contributed by atoms with Gasteiger partial charge in [-0.3, -0.25) is 4.98 Å². The first-order valence-corrected chi connectivity index (χ1v) is 7.05. The molecular weight excluding hydrogens is 265 g/mol. The predicted octanol–water partition coefficient (Wildman–Crippen LogP) is 3.51. The molecule has 1 atom stereocenters. The first-order valence-electron chi connectivity index (χ1n) is 7.05. The monoisotopic (exact) mass is 284 g/mol. The van der Waals surface area contributed by atoms with Gasteiger partial charge in [-0.05, 0) is 42.7 Å². The average molecular weight is 284 g/mol. The van der Waals surface area contributed by atoms with Crippen molar-refractivity contribution in [2.45, 2.75) is 38.8 Å². The second-order valence-corrected chi connectivity index (χ2v) is 6.48. The molecular formula is C15H19F3N2. The van der Waals surface area contributed by atoms with E-state index < -0.39 is 11.7 Å². The van der Waals surface area contributed by atoms with E-state index >= 15 is 0 Å². The number of rotatable bonds is 2. The van der Waals surface area contributed by atoms with Crippen LogP contribution >= 0.6 is 0 Å². The van der Waals surface area contributed by atoms with Crippen LogP contribution in [0.4, 0.5) is 13.2 Å². The minimum absolute atomic E-state index is 0.238. The van der Waals surface area contributed by atoms with Gasteiger partial charge in [0.2, 0.25) is 0 Å². The van der Waals surface area contributed by atoms with E-state index in [0.29, 0.717) is 11.3 Å². The van der Waals surface area contributed by atoms with Crippen LogP contribution in [0, 0.1) is 18.3 Å². The lowest BCUT2D eigenvalue weighted by molar-refractivity contribution is -0.138. The zero-order chi connectivity index (χ0) is 14.5. The molecule has 0 amide bonds. The summed E-state index contributed by atoms with van der Waals surface area (Å²) in [5, 5.41) is 3.30. The van der Waals surface area contributed by atoms with E-state index in [-0.39, 0.29) is 11.5 Å². The Morgan fingerprint density at radius 3 is 2.45 bits per heavy atom. The molecule has 1 aliphatic carbocycles. The van der Waals surface area contributed by atoms with Crippen LogP contribution in [-0.2, 0) is 6.18 Å². The fraction of sp³-hybridized carbons (Fsp3) is 0.667. The van der Waals surface area contributed by atoms with E-state index in [0.717, 1.165) is 25.0 Å². The number of hydrogen-bond donors (Lipinski definition) is 1. The molecule has 1 saturated carbocycles. The number of nitrogens with one attached hydrogen (secondary N) is 1. The van der Waals surface area contributed by atoms with Gasteiger partial charge >= 0.3 is 6.18 Å². The van der Waals surface area contributed by atoms with Crippen molar-refractivity contribution in [3.63, 3.8) is 0 Å². The van der Waals surface area contributed by atoms with E-state index in [4.69, 9.17) is 0 Å². The largest absolute Gasteiger partial charge is 0.418 e. The van der Waals surface area contributed by atoms with E-state index in [1.807, 2.05) is 0 Å². The molecule has 2 nitrogen and oxygen atoms in total. The fourth-order valence-corrected chi connectivity index (χ4v) is 3.54. The van der Waals surface area contributed by atoms with E-state index in [1.54, 1.807) is 6.07 Å². The lowest BCUT2D eigenvalue weighted by Crippen LogP contribution is -2.60. The van der Waals surface area contributed by atoms with Gasteiger partial charge in [0.15, 0.2) is 0 Å². The van der Waals surface area contributed by atoms with Crippen molar-refractivity contribution in [2.75, 3.05) is 13.1 Å². The highest BCUT2D eigenvalue weighted by molar-refractivity contribution is 5.29. The summed E-state index contributed by atoms with van der Waals surface area (Å²) in [5.41, 5.74) is 0.929. The fourth-order valence-electron chi connectivity index (χ4n) is 3.54. The molecule has 20 heavy (non-hydrogen) atoms. The number of nitrogens with zero attached hydrogens (tertiary/aromatic N) is 1. The van der Waals surface area contributed by atoms with Crippen molar-refractivity contribution in [2.24, 2.45) is 11.3 Å². The molecule has 2 aliphatic rings. The minimum Gasteiger partial charge on any atom is -0.316 e. The maximum atomic E-state index is 12.7. The van der Waals surface area contributed by atoms with Crippen molar-refractivity contribution in [3.05, 3.63) is 29.1 Å². The Bertz CT molecular complexity index is 512. The second-order valence-electron chi connectivity index (χ2n) is 6.48. The number of pyridine rings is 1. The zero-order valence-electron chi connectivity index (χ0n) is 11.7. The van der Waals surface area contributed by atoms with Crippen LogP contribution in [0.1, 0.15) is 42.5 Å². The lowest BCUT2D eigenvalue weighted by Gasteiger charge is -2.56. The molecule has 0 unspecified atom stereocenters. The summed E-state index contributed by atoms with van der Waals surface area (Å²) in [6, 6.07) is 1.61. The third-order valence-electron chi connectivity index (χ3n) is 5.00. The number of halogens is 3. The molecule has 1 aliphatic heterocycles. The van der Waals surface area contributed by atoms with Gasteiger partial charge in [-0.15, -0.1) is 0 Å². The molecule has 1 saturated heterocycles. The second kappa shape index (κ2) is 4.45. The molecule has 2 fully saturated rings. The quantitative estimate of drug-likeness (QED) is 0.899. The van der Waals surface area contributed by atoms with Gasteiger partial charge in [-0.1, -0.05) is 6.92 Å². The van der Waals surface area contributed by atoms with Crippen LogP contribution in [0.15, 0.2) is 12.3 Å². The van der Waals surface area contributed by atoms with Gasteiger partial charge in [-0.25, -0.2) is 0 Å². The number of aromatic nitrogens is 1. The van der Waals surface area contributed by atoms with Gasteiger partial charge < -0.3 is 5.32 Å². The molecule has 110 valence electrons. The molecule has 3 rings (SSSR count). The summed E-state index contributed by atoms with van der Waals surface area (Å²) in [5.74, 6) is 0.794. The predicted molar refractivity (Wildman–Crippen MR) is 70.4 cm³/mol. The molecule has 1 aromatic heterocycles. The highest BCUT2D eigenvalue weighted by Crippen LogP contribution is 2.53. The maximum absolute atomic E-state index is 12.7. The summed E-state index contributed by atoms with van der Waals surface area (Å²) in [6.45, 7) is 5.78. The zero-order valence-corrected chi connectivity index (χ0v) is 11.7. The van der Waals surface area contributed by atoms with Crippen LogP contribution in [-0.4, -0.2) is 18.1 Å². The van der Waals surface area contributed by atoms with Crippen LogP contribution in [0.5, 0.6) is 0 Å². The lowest BCUT2D eigenvalue weighted by atomic mass is 9.55. The molecule has 2 heterocycles. The Balaban J connectivity index is 1.73. The highest BCUT2D eigenvalue weighted by atomic mass is 19.4. The molecule has 1 aromatic rings. The van der Waals surface area contributed by atoms with Gasteiger partial charge in [0.25, 0.3) is 0 Å². The molecule has 0 bridgehead atoms. The standard InChI is InChI=1S/C15H19F3N2/c1-9-3-13(20-6-12(9)15(16,17)18)10(2)11-4-14(5-11)7-19-8-14/h3,6,10-11,19H,4-5,7-8H2,1-2H3/t10-/m1/s1. The third kappa shape index (κ3) is 2.22. The molecule has 1 N–H and O–H groups in total. The van der Waals surface area contributed by atoms with Crippen molar-refractivity contribution < 1.29 is 13.2 Å². The van der Waals surface area contributed by atoms with Crippen LogP contribution in [0.25, 0.3) is 0 Å². The first kappa shape index (κ1) is 13.9. The van der Waals surface area contributed by atoms with E-state index in [9.17, 15) is 13.2 Å². The Labute approximate surface area is 116 Å². The van der Waals surface area contributed by atoms with E-state index in [2.05, 4.69) is 17.2 Å². The van der Waals surface area contributed by atoms with Crippen LogP contribution < -0.4 is 5.32 Å². The Hall–Kier alpha value is -1.10.